The molecule has 1 aromatic heterocycles. The van der Waals surface area contributed by atoms with Crippen LogP contribution in [-0.4, -0.2) is 66.3 Å². The second-order valence-corrected chi connectivity index (χ2v) is 8.98. The van der Waals surface area contributed by atoms with Gasteiger partial charge in [-0.2, -0.15) is 0 Å². The van der Waals surface area contributed by atoms with Crippen molar-refractivity contribution in [3.8, 4) is 0 Å². The van der Waals surface area contributed by atoms with E-state index in [9.17, 15) is 4.79 Å². The summed E-state index contributed by atoms with van der Waals surface area (Å²) in [5.74, 6) is 1.35. The first-order chi connectivity index (χ1) is 14.0. The highest BCUT2D eigenvalue weighted by molar-refractivity contribution is 9.10. The molecule has 7 heteroatoms. The molecule has 1 aliphatic rings. The fourth-order valence-electron chi connectivity index (χ4n) is 4.45. The molecule has 2 atom stereocenters. The minimum Gasteiger partial charge on any atom is -0.384 e. The molecule has 1 saturated heterocycles. The SMILES string of the molecule is CCCC(c1nc2ccc(Br)cc2c(=O)n1CC)N1CCN(C)C[C@@H](COC)C1. The minimum absolute atomic E-state index is 0.0512. The number of hydrogen-bond donors (Lipinski definition) is 0. The Balaban J connectivity index is 2.07. The van der Waals surface area contributed by atoms with Crippen molar-refractivity contribution in [2.24, 2.45) is 5.92 Å². The molecular weight excluding hydrogens is 432 g/mol. The lowest BCUT2D eigenvalue weighted by molar-refractivity contribution is 0.105. The Labute approximate surface area is 182 Å². The van der Waals surface area contributed by atoms with Crippen LogP contribution in [0.4, 0.5) is 0 Å². The van der Waals surface area contributed by atoms with Gasteiger partial charge in [-0.1, -0.05) is 29.3 Å². The average Bonchev–Trinajstić information content (AvgIpc) is 2.88. The van der Waals surface area contributed by atoms with E-state index in [1.165, 1.54) is 0 Å². The molecule has 0 saturated carbocycles. The molecule has 6 nitrogen and oxygen atoms in total. The molecule has 0 N–H and O–H groups in total. The summed E-state index contributed by atoms with van der Waals surface area (Å²) < 4.78 is 8.26. The van der Waals surface area contributed by atoms with Gasteiger partial charge >= 0.3 is 0 Å². The lowest BCUT2D eigenvalue weighted by atomic mass is 10.0. The van der Waals surface area contributed by atoms with Crippen LogP contribution in [0.3, 0.4) is 0 Å². The zero-order valence-corrected chi connectivity index (χ0v) is 19.6. The molecule has 0 radical (unpaired) electrons. The van der Waals surface area contributed by atoms with E-state index in [1.807, 2.05) is 29.7 Å². The molecule has 29 heavy (non-hydrogen) atoms. The van der Waals surface area contributed by atoms with Crippen LogP contribution in [0.1, 0.15) is 38.6 Å². The maximum absolute atomic E-state index is 13.3. The Morgan fingerprint density at radius 1 is 1.28 bits per heavy atom. The standard InChI is InChI=1S/C22H33BrN4O2/c1-5-7-20(26-11-10-25(3)13-16(14-26)15-29-4)21-24-19-9-8-17(23)12-18(19)22(28)27(21)6-2/h8-9,12,16,20H,5-7,10-11,13-15H2,1-4H3/t16-,20?/m1/s1. The smallest absolute Gasteiger partial charge is 0.261 e. The second-order valence-electron chi connectivity index (χ2n) is 8.06. The maximum Gasteiger partial charge on any atom is 0.261 e. The molecule has 2 heterocycles. The lowest BCUT2D eigenvalue weighted by Gasteiger charge is -2.33. The highest BCUT2D eigenvalue weighted by Gasteiger charge is 2.30. The summed E-state index contributed by atoms with van der Waals surface area (Å²) in [5.41, 5.74) is 0.828. The van der Waals surface area contributed by atoms with Crippen LogP contribution in [0.5, 0.6) is 0 Å². The highest BCUT2D eigenvalue weighted by Crippen LogP contribution is 2.28. The van der Waals surface area contributed by atoms with Crippen molar-refractivity contribution in [2.75, 3.05) is 46.9 Å². The fourth-order valence-corrected chi connectivity index (χ4v) is 4.82. The number of nitrogens with zero attached hydrogens (tertiary/aromatic N) is 4. The number of halogens is 1. The van der Waals surface area contributed by atoms with E-state index >= 15 is 0 Å². The molecule has 0 bridgehead atoms. The van der Waals surface area contributed by atoms with Gasteiger partial charge in [0.1, 0.15) is 5.82 Å². The lowest BCUT2D eigenvalue weighted by Crippen LogP contribution is -2.39. The zero-order valence-electron chi connectivity index (χ0n) is 18.0. The molecule has 1 aromatic carbocycles. The van der Waals surface area contributed by atoms with Crippen LogP contribution >= 0.6 is 15.9 Å². The monoisotopic (exact) mass is 464 g/mol. The third-order valence-corrected chi connectivity index (χ3v) is 6.29. The van der Waals surface area contributed by atoms with Gasteiger partial charge in [0.05, 0.1) is 23.6 Å². The van der Waals surface area contributed by atoms with Gasteiger partial charge in [-0.3, -0.25) is 14.3 Å². The molecule has 0 aliphatic carbocycles. The predicted molar refractivity (Wildman–Crippen MR) is 121 cm³/mol. The summed E-state index contributed by atoms with van der Waals surface area (Å²) >= 11 is 3.48. The first-order valence-electron chi connectivity index (χ1n) is 10.6. The zero-order chi connectivity index (χ0) is 21.0. The number of fused-ring (bicyclic) bond motifs is 1. The van der Waals surface area contributed by atoms with Crippen molar-refractivity contribution >= 4 is 26.8 Å². The Hall–Kier alpha value is -1.28. The van der Waals surface area contributed by atoms with Gasteiger partial charge in [0.25, 0.3) is 5.56 Å². The van der Waals surface area contributed by atoms with Crippen LogP contribution in [0.15, 0.2) is 27.5 Å². The van der Waals surface area contributed by atoms with E-state index in [2.05, 4.69) is 39.7 Å². The number of benzene rings is 1. The van der Waals surface area contributed by atoms with Crippen LogP contribution in [0.2, 0.25) is 0 Å². The summed E-state index contributed by atoms with van der Waals surface area (Å²) in [7, 11) is 3.95. The average molecular weight is 465 g/mol. The first-order valence-corrected chi connectivity index (χ1v) is 11.4. The van der Waals surface area contributed by atoms with Crippen molar-refractivity contribution in [2.45, 2.75) is 39.3 Å². The number of likely N-dealkylation sites (N-methyl/N-ethyl adjacent to an activating group) is 1. The number of hydrogen-bond acceptors (Lipinski definition) is 5. The van der Waals surface area contributed by atoms with Gasteiger partial charge in [-0.05, 0) is 38.6 Å². The number of rotatable bonds is 7. The Bertz CT molecular complexity index is 885. The molecule has 1 fully saturated rings. The number of methoxy groups -OCH3 is 1. The van der Waals surface area contributed by atoms with Crippen molar-refractivity contribution in [3.05, 3.63) is 38.9 Å². The fraction of sp³-hybridized carbons (Fsp3) is 0.636. The number of aromatic nitrogens is 2. The van der Waals surface area contributed by atoms with E-state index in [0.29, 0.717) is 17.8 Å². The minimum atomic E-state index is 0.0512. The molecular formula is C22H33BrN4O2. The Morgan fingerprint density at radius 2 is 2.07 bits per heavy atom. The molecule has 3 rings (SSSR count). The van der Waals surface area contributed by atoms with Crippen LogP contribution < -0.4 is 5.56 Å². The van der Waals surface area contributed by atoms with Gasteiger partial charge in [-0.15, -0.1) is 0 Å². The highest BCUT2D eigenvalue weighted by atomic mass is 79.9. The summed E-state index contributed by atoms with van der Waals surface area (Å²) in [6.07, 6.45) is 2.03. The van der Waals surface area contributed by atoms with E-state index < -0.39 is 0 Å². The quantitative estimate of drug-likeness (QED) is 0.627. The summed E-state index contributed by atoms with van der Waals surface area (Å²) in [4.78, 5) is 23.2. The predicted octanol–water partition coefficient (Wildman–Crippen LogP) is 3.53. The molecule has 1 unspecified atom stereocenters. The van der Waals surface area contributed by atoms with Crippen molar-refractivity contribution in [1.29, 1.82) is 0 Å². The van der Waals surface area contributed by atoms with E-state index in [4.69, 9.17) is 9.72 Å². The largest absolute Gasteiger partial charge is 0.384 e. The third-order valence-electron chi connectivity index (χ3n) is 5.80. The van der Waals surface area contributed by atoms with Crippen LogP contribution in [-0.2, 0) is 11.3 Å². The summed E-state index contributed by atoms with van der Waals surface area (Å²) in [6.45, 7) is 9.58. The molecule has 1 aliphatic heterocycles. The topological polar surface area (TPSA) is 50.6 Å². The summed E-state index contributed by atoms with van der Waals surface area (Å²) in [6, 6.07) is 5.91. The normalized spacial score (nSPS) is 20.1. The van der Waals surface area contributed by atoms with Gasteiger partial charge in [0.15, 0.2) is 0 Å². The number of ether oxygens (including phenoxy) is 1. The van der Waals surface area contributed by atoms with E-state index in [1.54, 1.807) is 7.11 Å². The molecule has 160 valence electrons. The van der Waals surface area contributed by atoms with Crippen LogP contribution in [0, 0.1) is 5.92 Å². The van der Waals surface area contributed by atoms with Crippen molar-refractivity contribution in [3.63, 3.8) is 0 Å². The molecule has 0 amide bonds. The Kier molecular flexibility index (Phi) is 7.85. The van der Waals surface area contributed by atoms with Gasteiger partial charge in [0.2, 0.25) is 0 Å². The second kappa shape index (κ2) is 10.2. The van der Waals surface area contributed by atoms with Crippen molar-refractivity contribution in [1.82, 2.24) is 19.4 Å². The van der Waals surface area contributed by atoms with Gasteiger partial charge in [0, 0.05) is 50.2 Å². The van der Waals surface area contributed by atoms with Crippen LogP contribution in [0.25, 0.3) is 10.9 Å². The third kappa shape index (κ3) is 5.08. The Morgan fingerprint density at radius 3 is 2.76 bits per heavy atom. The van der Waals surface area contributed by atoms with Crippen molar-refractivity contribution < 1.29 is 4.74 Å². The maximum atomic E-state index is 13.3. The molecule has 2 aromatic rings. The molecule has 0 spiro atoms. The van der Waals surface area contributed by atoms with Gasteiger partial charge in [-0.25, -0.2) is 4.98 Å². The van der Waals surface area contributed by atoms with E-state index in [0.717, 1.165) is 61.4 Å². The summed E-state index contributed by atoms with van der Waals surface area (Å²) in [5, 5.41) is 0.674. The van der Waals surface area contributed by atoms with E-state index in [-0.39, 0.29) is 11.6 Å². The first kappa shape index (κ1) is 22.4. The van der Waals surface area contributed by atoms with Gasteiger partial charge < -0.3 is 9.64 Å².